The predicted octanol–water partition coefficient (Wildman–Crippen LogP) is 2.52. The number of amides is 2. The molecule has 0 spiro atoms. The van der Waals surface area contributed by atoms with Crippen molar-refractivity contribution in [2.24, 2.45) is 0 Å². The van der Waals surface area contributed by atoms with Gasteiger partial charge in [-0.3, -0.25) is 9.59 Å². The Bertz CT molecular complexity index is 1280. The number of sulfonamides is 1. The summed E-state index contributed by atoms with van der Waals surface area (Å²) >= 11 is 12.0. The van der Waals surface area contributed by atoms with E-state index in [0.717, 1.165) is 19.2 Å². The molecule has 0 saturated carbocycles. The molecule has 0 unspecified atom stereocenters. The summed E-state index contributed by atoms with van der Waals surface area (Å²) in [5, 5.41) is 2.83. The summed E-state index contributed by atoms with van der Waals surface area (Å²) in [7, 11) is -2.00. The van der Waals surface area contributed by atoms with Crippen molar-refractivity contribution >= 4 is 57.1 Å². The van der Waals surface area contributed by atoms with E-state index in [0.29, 0.717) is 20.6 Å². The molecule has 0 atom stereocenters. The molecule has 0 aliphatic carbocycles. The molecule has 1 saturated heterocycles. The molecule has 12 heteroatoms. The van der Waals surface area contributed by atoms with Crippen LogP contribution in [0.3, 0.4) is 0 Å². The number of halogens is 2. The zero-order valence-corrected chi connectivity index (χ0v) is 19.8. The second-order valence-corrected chi connectivity index (χ2v) is 9.49. The van der Waals surface area contributed by atoms with Crippen LogP contribution in [-0.2, 0) is 24.3 Å². The number of esters is 1. The van der Waals surface area contributed by atoms with Crippen LogP contribution in [0.1, 0.15) is 15.9 Å². The van der Waals surface area contributed by atoms with Crippen molar-refractivity contribution < 1.29 is 32.3 Å². The van der Waals surface area contributed by atoms with Crippen molar-refractivity contribution in [1.29, 1.82) is 0 Å². The number of carbonyl (C=O) groups is 3. The number of carbonyl (C=O) groups excluding carboxylic acids is 3. The lowest BCUT2D eigenvalue weighted by Gasteiger charge is -2.20. The van der Waals surface area contributed by atoms with E-state index in [-0.39, 0.29) is 22.7 Å². The van der Waals surface area contributed by atoms with Gasteiger partial charge in [0.05, 0.1) is 29.7 Å². The molecule has 1 N–H and O–H groups in total. The Morgan fingerprint density at radius 2 is 1.85 bits per heavy atom. The van der Waals surface area contributed by atoms with E-state index in [2.05, 4.69) is 10.1 Å². The Morgan fingerprint density at radius 1 is 1.12 bits per heavy atom. The summed E-state index contributed by atoms with van der Waals surface area (Å²) in [5.74, 6) is -2.07. The minimum atomic E-state index is -4.54. The summed E-state index contributed by atoms with van der Waals surface area (Å²) in [4.78, 5) is 37.0. The highest BCUT2D eigenvalue weighted by molar-refractivity contribution is 7.89. The van der Waals surface area contributed by atoms with Gasteiger partial charge in [-0.1, -0.05) is 23.2 Å². The molecule has 0 bridgehead atoms. The second kappa shape index (κ2) is 9.82. The number of hydrogen-bond donors (Lipinski definition) is 1. The fraction of sp³-hybridized carbons (Fsp3) is 0.190. The molecular weight excluding hydrogens is 495 g/mol. The minimum absolute atomic E-state index is 0.0212. The van der Waals surface area contributed by atoms with Crippen molar-refractivity contribution in [2.75, 3.05) is 27.3 Å². The first-order valence-electron chi connectivity index (χ1n) is 9.34. The zero-order chi connectivity index (χ0) is 24.3. The number of ether oxygens (including phenoxy) is 2. The Hall–Kier alpha value is -3.08. The maximum Gasteiger partial charge on any atom is 0.339 e. The van der Waals surface area contributed by atoms with Gasteiger partial charge in [0.1, 0.15) is 12.3 Å². The number of rotatable bonds is 5. The summed E-state index contributed by atoms with van der Waals surface area (Å²) in [6.45, 7) is -0.964. The van der Waals surface area contributed by atoms with E-state index >= 15 is 0 Å². The van der Waals surface area contributed by atoms with Crippen LogP contribution in [0.4, 0.5) is 0 Å². The van der Waals surface area contributed by atoms with Gasteiger partial charge in [-0.25, -0.2) is 17.5 Å². The van der Waals surface area contributed by atoms with Crippen molar-refractivity contribution in [2.45, 2.75) is 4.90 Å². The maximum absolute atomic E-state index is 13.3. The Kier molecular flexibility index (Phi) is 7.31. The van der Waals surface area contributed by atoms with Crippen LogP contribution in [0.2, 0.25) is 10.0 Å². The van der Waals surface area contributed by atoms with Crippen LogP contribution in [-0.4, -0.2) is 57.8 Å². The van der Waals surface area contributed by atoms with E-state index in [1.54, 1.807) is 12.1 Å². The molecule has 0 radical (unpaired) electrons. The minimum Gasteiger partial charge on any atom is -0.496 e. The smallest absolute Gasteiger partial charge is 0.339 e. The van der Waals surface area contributed by atoms with Gasteiger partial charge in [-0.15, -0.1) is 0 Å². The lowest BCUT2D eigenvalue weighted by molar-refractivity contribution is -0.127. The maximum atomic E-state index is 13.3. The van der Waals surface area contributed by atoms with Crippen LogP contribution < -0.4 is 10.1 Å². The van der Waals surface area contributed by atoms with Crippen molar-refractivity contribution in [1.82, 2.24) is 9.62 Å². The molecule has 2 amide bonds. The first kappa shape index (κ1) is 24.6. The average molecular weight is 513 g/mol. The van der Waals surface area contributed by atoms with Gasteiger partial charge in [0.2, 0.25) is 5.91 Å². The second-order valence-electron chi connectivity index (χ2n) is 6.78. The third-order valence-electron chi connectivity index (χ3n) is 4.72. The van der Waals surface area contributed by atoms with Crippen LogP contribution in [0.15, 0.2) is 46.9 Å². The SMILES string of the molecule is COC(=O)c1cc(S(=O)(=O)N2CC(=O)NC/C(=C\c3cc(Cl)ccc3OC)C2=O)ccc1Cl. The summed E-state index contributed by atoms with van der Waals surface area (Å²) in [5.41, 5.74) is 0.194. The van der Waals surface area contributed by atoms with Crippen LogP contribution in [0.5, 0.6) is 5.75 Å². The lowest BCUT2D eigenvalue weighted by Crippen LogP contribution is -2.40. The van der Waals surface area contributed by atoms with E-state index in [1.807, 2.05) is 0 Å². The summed E-state index contributed by atoms with van der Waals surface area (Å²) in [6, 6.07) is 8.03. The lowest BCUT2D eigenvalue weighted by atomic mass is 10.1. The molecule has 174 valence electrons. The predicted molar refractivity (Wildman–Crippen MR) is 121 cm³/mol. The van der Waals surface area contributed by atoms with Crippen molar-refractivity contribution in [3.8, 4) is 5.75 Å². The molecule has 1 fully saturated rings. The van der Waals surface area contributed by atoms with Gasteiger partial charge in [-0.2, -0.15) is 0 Å². The Morgan fingerprint density at radius 3 is 2.52 bits per heavy atom. The number of nitrogens with zero attached hydrogens (tertiary/aromatic N) is 1. The average Bonchev–Trinajstić information content (AvgIpc) is 2.92. The Labute approximate surface area is 199 Å². The molecule has 33 heavy (non-hydrogen) atoms. The monoisotopic (exact) mass is 512 g/mol. The molecule has 1 aliphatic rings. The largest absolute Gasteiger partial charge is 0.496 e. The standard InChI is InChI=1S/C21H18Cl2N2O7S/c1-31-18-6-3-14(22)8-12(18)7-13-10-24-19(26)11-25(20(13)27)33(29,30)15-4-5-17(23)16(9-15)21(28)32-2/h3-9H,10-11H2,1-2H3,(H,24,26)/b13-7+. The molecule has 3 rings (SSSR count). The number of methoxy groups -OCH3 is 2. The van der Waals surface area contributed by atoms with Gasteiger partial charge in [0, 0.05) is 22.7 Å². The Balaban J connectivity index is 2.09. The molecule has 0 aromatic heterocycles. The molecule has 1 heterocycles. The molecule has 1 aliphatic heterocycles. The molecular formula is C21H18Cl2N2O7S. The van der Waals surface area contributed by atoms with E-state index in [4.69, 9.17) is 27.9 Å². The topological polar surface area (TPSA) is 119 Å². The first-order chi connectivity index (χ1) is 15.6. The van der Waals surface area contributed by atoms with Gasteiger partial charge in [0.15, 0.2) is 0 Å². The normalized spacial score (nSPS) is 15.8. The zero-order valence-electron chi connectivity index (χ0n) is 17.4. The van der Waals surface area contributed by atoms with Gasteiger partial charge in [-0.05, 0) is 42.5 Å². The molecule has 2 aromatic rings. The first-order valence-corrected chi connectivity index (χ1v) is 11.5. The highest BCUT2D eigenvalue weighted by atomic mass is 35.5. The van der Waals surface area contributed by atoms with Crippen LogP contribution in [0.25, 0.3) is 6.08 Å². The molecule has 2 aromatic carbocycles. The third kappa shape index (κ3) is 5.13. The van der Waals surface area contributed by atoms with E-state index < -0.39 is 39.2 Å². The van der Waals surface area contributed by atoms with E-state index in [9.17, 15) is 22.8 Å². The number of benzene rings is 2. The van der Waals surface area contributed by atoms with Crippen LogP contribution >= 0.6 is 23.2 Å². The highest BCUT2D eigenvalue weighted by Gasteiger charge is 2.36. The quantitative estimate of drug-likeness (QED) is 0.482. The number of nitrogens with one attached hydrogen (secondary N) is 1. The molecule has 9 nitrogen and oxygen atoms in total. The van der Waals surface area contributed by atoms with Crippen LogP contribution in [0, 0.1) is 0 Å². The number of hydrogen-bond acceptors (Lipinski definition) is 7. The van der Waals surface area contributed by atoms with Gasteiger partial charge < -0.3 is 14.8 Å². The summed E-state index contributed by atoms with van der Waals surface area (Å²) in [6.07, 6.45) is 1.39. The van der Waals surface area contributed by atoms with E-state index in [1.165, 1.54) is 25.3 Å². The van der Waals surface area contributed by atoms with Gasteiger partial charge >= 0.3 is 5.97 Å². The van der Waals surface area contributed by atoms with Gasteiger partial charge in [0.25, 0.3) is 15.9 Å². The fourth-order valence-electron chi connectivity index (χ4n) is 3.06. The fourth-order valence-corrected chi connectivity index (χ4v) is 4.82. The van der Waals surface area contributed by atoms with Crippen molar-refractivity contribution in [3.05, 3.63) is 63.1 Å². The third-order valence-corrected chi connectivity index (χ3v) is 7.01. The highest BCUT2D eigenvalue weighted by Crippen LogP contribution is 2.28. The van der Waals surface area contributed by atoms with Crippen molar-refractivity contribution in [3.63, 3.8) is 0 Å². The summed E-state index contributed by atoms with van der Waals surface area (Å²) < 4.78 is 36.9.